The zero-order valence-electron chi connectivity index (χ0n) is 38.7. The average Bonchev–Trinajstić information content (AvgIpc) is 3.18. The summed E-state index contributed by atoms with van der Waals surface area (Å²) in [5, 5.41) is 7.79. The lowest BCUT2D eigenvalue weighted by Crippen LogP contribution is -2.28. The van der Waals surface area contributed by atoms with Gasteiger partial charge in [-0.2, -0.15) is 0 Å². The van der Waals surface area contributed by atoms with Gasteiger partial charge in [0, 0.05) is 20.1 Å². The number of unbranched alkanes of at least 4 members (excludes halogenated alkanes) is 38. The monoisotopic (exact) mass is 831 g/mol. The molecule has 0 aliphatic heterocycles. The standard InChI is InChI=1S/C47H98O4Si.C2H4OS/c1-4-7-10-13-16-19-21-23-25-27-29-31-34-37-40-43-46-49-52(51-48-45-42-39-36-33-18-15-12-9-6-3)50-47-44-41-38-35-32-30-28-26-24-22-20-17-14-11-8-5-2;1-2(3)4/h52H,4-47H2,1-3H3;1H3,(H,3,4). The number of hydrogen-bond acceptors (Lipinski definition) is 5. The van der Waals surface area contributed by atoms with E-state index in [1.165, 1.54) is 251 Å². The van der Waals surface area contributed by atoms with Gasteiger partial charge >= 0.3 is 9.53 Å². The molecule has 0 aromatic carbocycles. The van der Waals surface area contributed by atoms with Crippen molar-refractivity contribution in [2.24, 2.45) is 0 Å². The Kier molecular flexibility index (Phi) is 56.9. The average molecular weight is 832 g/mol. The van der Waals surface area contributed by atoms with Crippen molar-refractivity contribution >= 4 is 26.8 Å². The lowest BCUT2D eigenvalue weighted by Gasteiger charge is -2.16. The molecule has 7 heteroatoms. The first-order valence-electron chi connectivity index (χ1n) is 25.3. The lowest BCUT2D eigenvalue weighted by atomic mass is 10.0. The lowest BCUT2D eigenvalue weighted by molar-refractivity contribution is -0.241. The molecule has 0 saturated heterocycles. The van der Waals surface area contributed by atoms with Crippen LogP contribution in [0.5, 0.6) is 0 Å². The first kappa shape index (κ1) is 58.0. The molecule has 1 N–H and O–H groups in total. The highest BCUT2D eigenvalue weighted by molar-refractivity contribution is 7.79. The van der Waals surface area contributed by atoms with Gasteiger partial charge in [-0.25, -0.2) is 9.46 Å². The molecule has 0 heterocycles. The Labute approximate surface area is 359 Å². The van der Waals surface area contributed by atoms with E-state index in [-0.39, 0.29) is 5.05 Å². The quantitative estimate of drug-likeness (QED) is 0.0217. The van der Waals surface area contributed by atoms with Crippen LogP contribution in [-0.4, -0.2) is 39.5 Å². The van der Waals surface area contributed by atoms with Crippen molar-refractivity contribution in [1.29, 1.82) is 0 Å². The third-order valence-corrected chi connectivity index (χ3v) is 12.3. The molecule has 0 bridgehead atoms. The molecular weight excluding hydrogens is 729 g/mol. The summed E-state index contributed by atoms with van der Waals surface area (Å²) >= 11 is 4.09. The third kappa shape index (κ3) is 58.3. The summed E-state index contributed by atoms with van der Waals surface area (Å²) in [6.07, 6.45) is 56.3. The van der Waals surface area contributed by atoms with Crippen molar-refractivity contribution in [2.75, 3.05) is 19.8 Å². The summed E-state index contributed by atoms with van der Waals surface area (Å²) in [6.45, 7) is 10.5. The van der Waals surface area contributed by atoms with Crippen molar-refractivity contribution in [3.05, 3.63) is 0 Å². The second-order valence-electron chi connectivity index (χ2n) is 16.9. The van der Waals surface area contributed by atoms with Gasteiger partial charge in [-0.3, -0.25) is 0 Å². The first-order valence-corrected chi connectivity index (χ1v) is 27.1. The van der Waals surface area contributed by atoms with Gasteiger partial charge in [-0.1, -0.05) is 265 Å². The van der Waals surface area contributed by atoms with Gasteiger partial charge in [0.25, 0.3) is 0 Å². The second-order valence-corrected chi connectivity index (χ2v) is 18.9. The molecule has 0 spiro atoms. The predicted molar refractivity (Wildman–Crippen MR) is 253 cm³/mol. The molecule has 0 radical (unpaired) electrons. The Bertz CT molecular complexity index is 657. The maximum absolute atomic E-state index is 7.79. The smallest absolute Gasteiger partial charge is 0.502 e. The van der Waals surface area contributed by atoms with Gasteiger partial charge in [-0.05, 0) is 31.5 Å². The fraction of sp³-hybridized carbons (Fsp3) is 0.980. The zero-order valence-corrected chi connectivity index (χ0v) is 40.6. The van der Waals surface area contributed by atoms with E-state index < -0.39 is 9.53 Å². The summed E-state index contributed by atoms with van der Waals surface area (Å²) in [6, 6.07) is 0. The van der Waals surface area contributed by atoms with Gasteiger partial charge in [-0.15, -0.1) is 0 Å². The molecular formula is C49H102O5SSi. The van der Waals surface area contributed by atoms with E-state index in [0.717, 1.165) is 32.5 Å². The van der Waals surface area contributed by atoms with Crippen molar-refractivity contribution in [3.8, 4) is 0 Å². The normalized spacial score (nSPS) is 11.4. The van der Waals surface area contributed by atoms with E-state index in [1.54, 1.807) is 0 Å². The molecule has 0 aromatic heterocycles. The van der Waals surface area contributed by atoms with Crippen LogP contribution < -0.4 is 0 Å². The van der Waals surface area contributed by atoms with Crippen LogP contribution in [0.3, 0.4) is 0 Å². The largest absolute Gasteiger partial charge is 0.513 e. The van der Waals surface area contributed by atoms with E-state index in [1.807, 2.05) is 0 Å². The van der Waals surface area contributed by atoms with Crippen LogP contribution >= 0.6 is 12.2 Å². The topological polar surface area (TPSA) is 57.2 Å². The molecule has 5 nitrogen and oxygen atoms in total. The molecule has 338 valence electrons. The molecule has 0 atom stereocenters. The number of hydrogen-bond donors (Lipinski definition) is 1. The van der Waals surface area contributed by atoms with E-state index in [2.05, 4.69) is 33.0 Å². The number of aliphatic hydroxyl groups is 1. The Morgan fingerprint density at radius 1 is 0.339 bits per heavy atom. The van der Waals surface area contributed by atoms with Gasteiger partial charge in [0.2, 0.25) is 0 Å². The van der Waals surface area contributed by atoms with Crippen LogP contribution in [0.4, 0.5) is 0 Å². The Morgan fingerprint density at radius 3 is 0.732 bits per heavy atom. The van der Waals surface area contributed by atoms with E-state index in [9.17, 15) is 0 Å². The summed E-state index contributed by atoms with van der Waals surface area (Å²) in [5.41, 5.74) is 0. The summed E-state index contributed by atoms with van der Waals surface area (Å²) < 4.78 is 18.1. The second kappa shape index (κ2) is 54.9. The molecule has 0 saturated carbocycles. The number of aliphatic hydroxyl groups excluding tert-OH is 1. The maximum atomic E-state index is 7.79. The van der Waals surface area contributed by atoms with Gasteiger partial charge in [0.05, 0.1) is 6.61 Å². The van der Waals surface area contributed by atoms with Crippen molar-refractivity contribution in [2.45, 2.75) is 291 Å². The van der Waals surface area contributed by atoms with E-state index in [0.29, 0.717) is 6.61 Å². The Morgan fingerprint density at radius 2 is 0.518 bits per heavy atom. The minimum atomic E-state index is -2.23. The van der Waals surface area contributed by atoms with Crippen molar-refractivity contribution < 1.29 is 23.4 Å². The summed E-state index contributed by atoms with van der Waals surface area (Å²) in [4.78, 5) is 5.63. The predicted octanol–water partition coefficient (Wildman–Crippen LogP) is 17.6. The number of thiocarbonyl (C=S) groups is 1. The fourth-order valence-electron chi connectivity index (χ4n) is 7.34. The minimum Gasteiger partial charge on any atom is -0.502 e. The Balaban J connectivity index is 0. The van der Waals surface area contributed by atoms with Crippen LogP contribution in [0.15, 0.2) is 0 Å². The number of rotatable bonds is 48. The maximum Gasteiger partial charge on any atom is 0.513 e. The van der Waals surface area contributed by atoms with Crippen LogP contribution in [-0.2, 0) is 18.3 Å². The van der Waals surface area contributed by atoms with Crippen molar-refractivity contribution in [1.82, 2.24) is 0 Å². The minimum absolute atomic E-state index is 0.000000000000000222. The molecule has 0 unspecified atom stereocenters. The van der Waals surface area contributed by atoms with Crippen LogP contribution in [0.25, 0.3) is 0 Å². The highest BCUT2D eigenvalue weighted by atomic mass is 32.1. The molecule has 0 rings (SSSR count). The molecule has 0 aromatic rings. The highest BCUT2D eigenvalue weighted by Crippen LogP contribution is 2.16. The summed E-state index contributed by atoms with van der Waals surface area (Å²) in [7, 11) is -2.23. The zero-order chi connectivity index (χ0) is 41.1. The molecule has 0 fully saturated rings. The van der Waals surface area contributed by atoms with Crippen LogP contribution in [0.2, 0.25) is 0 Å². The molecule has 56 heavy (non-hydrogen) atoms. The van der Waals surface area contributed by atoms with Crippen molar-refractivity contribution in [3.63, 3.8) is 0 Å². The Hall–Kier alpha value is -0.0531. The molecule has 0 aliphatic carbocycles. The van der Waals surface area contributed by atoms with Crippen LogP contribution in [0, 0.1) is 0 Å². The third-order valence-electron chi connectivity index (χ3n) is 11.0. The highest BCUT2D eigenvalue weighted by Gasteiger charge is 2.17. The SMILES string of the molecule is CC(O)=S.CCCCCCCCCCCCCCCCCCO[SiH](OCCCCCCCCCCCCCCCCCC)OOCCCCCCCCCCC. The van der Waals surface area contributed by atoms with Crippen LogP contribution in [0.1, 0.15) is 291 Å². The molecule has 0 aliphatic rings. The van der Waals surface area contributed by atoms with Gasteiger partial charge in [0.1, 0.15) is 0 Å². The summed E-state index contributed by atoms with van der Waals surface area (Å²) in [5.74, 6) is 0. The van der Waals surface area contributed by atoms with Gasteiger partial charge in [0.15, 0.2) is 5.05 Å². The first-order chi connectivity index (χ1) is 27.6. The van der Waals surface area contributed by atoms with E-state index >= 15 is 0 Å². The fourth-order valence-corrected chi connectivity index (χ4v) is 8.47. The molecule has 0 amide bonds. The van der Waals surface area contributed by atoms with Gasteiger partial charge < -0.3 is 14.0 Å². The van der Waals surface area contributed by atoms with E-state index in [4.69, 9.17) is 23.4 Å².